The molecule has 1 aliphatic heterocycles. The summed E-state index contributed by atoms with van der Waals surface area (Å²) in [5.41, 5.74) is 8.06. The number of benzene rings is 2. The Morgan fingerprint density at radius 3 is 2.40 bits per heavy atom. The fraction of sp³-hybridized carbons (Fsp3) is 0.261. The number of nitrogens with two attached hydrogens (primary N) is 1. The third-order valence-electron chi connectivity index (χ3n) is 5.19. The van der Waals surface area contributed by atoms with E-state index < -0.39 is 0 Å². The molecule has 0 aliphatic carbocycles. The van der Waals surface area contributed by atoms with E-state index in [1.807, 2.05) is 60.7 Å². The molecule has 2 heterocycles. The van der Waals surface area contributed by atoms with Crippen LogP contribution in [0.25, 0.3) is 22.6 Å². The summed E-state index contributed by atoms with van der Waals surface area (Å²) in [7, 11) is 0. The van der Waals surface area contributed by atoms with Crippen molar-refractivity contribution in [3.8, 4) is 22.6 Å². The van der Waals surface area contributed by atoms with Crippen LogP contribution in [0.5, 0.6) is 0 Å². The van der Waals surface area contributed by atoms with Crippen molar-refractivity contribution < 1.29 is 14.0 Å². The number of hydrogen-bond acceptors (Lipinski definition) is 5. The average Bonchev–Trinajstić information content (AvgIpc) is 3.23. The van der Waals surface area contributed by atoms with Crippen LogP contribution in [0.3, 0.4) is 0 Å². The maximum atomic E-state index is 12.7. The van der Waals surface area contributed by atoms with Gasteiger partial charge in [0, 0.05) is 24.2 Å². The molecule has 1 atom stereocenters. The SMILES string of the molecule is NC(=O)C1CCCN(C(=O)CSc2nc(-c3ccccc3)c(-c3ccccc3)o2)C1. The highest BCUT2D eigenvalue weighted by Crippen LogP contribution is 2.35. The quantitative estimate of drug-likeness (QED) is 0.611. The zero-order valence-electron chi connectivity index (χ0n) is 16.5. The Kier molecular flexibility index (Phi) is 6.18. The topological polar surface area (TPSA) is 89.4 Å². The van der Waals surface area contributed by atoms with E-state index in [1.54, 1.807) is 4.90 Å². The van der Waals surface area contributed by atoms with Crippen LogP contribution < -0.4 is 5.73 Å². The number of primary amides is 1. The summed E-state index contributed by atoms with van der Waals surface area (Å²) >= 11 is 1.27. The van der Waals surface area contributed by atoms with E-state index >= 15 is 0 Å². The summed E-state index contributed by atoms with van der Waals surface area (Å²) in [4.78, 5) is 30.5. The lowest BCUT2D eigenvalue weighted by Gasteiger charge is -2.31. The predicted octanol–water partition coefficient (Wildman–Crippen LogP) is 3.82. The van der Waals surface area contributed by atoms with Gasteiger partial charge in [-0.2, -0.15) is 0 Å². The number of thioether (sulfide) groups is 1. The number of piperidine rings is 1. The van der Waals surface area contributed by atoms with Crippen molar-refractivity contribution >= 4 is 23.6 Å². The number of hydrogen-bond donors (Lipinski definition) is 1. The van der Waals surface area contributed by atoms with Crippen molar-refractivity contribution in [1.29, 1.82) is 0 Å². The summed E-state index contributed by atoms with van der Waals surface area (Å²) in [6, 6.07) is 19.7. The van der Waals surface area contributed by atoms with Crippen molar-refractivity contribution in [2.45, 2.75) is 18.1 Å². The minimum absolute atomic E-state index is 0.0355. The molecule has 1 unspecified atom stereocenters. The lowest BCUT2D eigenvalue weighted by Crippen LogP contribution is -2.44. The molecule has 2 N–H and O–H groups in total. The fourth-order valence-corrected chi connectivity index (χ4v) is 4.32. The van der Waals surface area contributed by atoms with Gasteiger partial charge >= 0.3 is 0 Å². The van der Waals surface area contributed by atoms with Crippen LogP contribution in [0.15, 0.2) is 70.3 Å². The Labute approximate surface area is 179 Å². The molecule has 4 rings (SSSR count). The largest absolute Gasteiger partial charge is 0.431 e. The van der Waals surface area contributed by atoms with Gasteiger partial charge < -0.3 is 15.1 Å². The van der Waals surface area contributed by atoms with Crippen molar-refractivity contribution in [1.82, 2.24) is 9.88 Å². The molecule has 1 aromatic heterocycles. The number of carbonyl (C=O) groups is 2. The van der Waals surface area contributed by atoms with Gasteiger partial charge in [0.25, 0.3) is 5.22 Å². The van der Waals surface area contributed by atoms with Crippen LogP contribution >= 0.6 is 11.8 Å². The maximum absolute atomic E-state index is 12.7. The Hall–Kier alpha value is -3.06. The summed E-state index contributed by atoms with van der Waals surface area (Å²) < 4.78 is 6.06. The first-order valence-corrected chi connectivity index (χ1v) is 10.9. The molecule has 7 heteroatoms. The highest BCUT2D eigenvalue weighted by Gasteiger charge is 2.27. The van der Waals surface area contributed by atoms with Crippen molar-refractivity contribution in [2.75, 3.05) is 18.8 Å². The number of rotatable bonds is 6. The van der Waals surface area contributed by atoms with Crippen LogP contribution in [0.4, 0.5) is 0 Å². The second-order valence-electron chi connectivity index (χ2n) is 7.26. The molecular weight excluding hydrogens is 398 g/mol. The van der Waals surface area contributed by atoms with Gasteiger partial charge in [-0.25, -0.2) is 4.98 Å². The second kappa shape index (κ2) is 9.17. The molecule has 2 aromatic carbocycles. The monoisotopic (exact) mass is 421 g/mol. The van der Waals surface area contributed by atoms with Gasteiger partial charge in [-0.15, -0.1) is 0 Å². The number of nitrogens with zero attached hydrogens (tertiary/aromatic N) is 2. The second-order valence-corrected chi connectivity index (χ2v) is 8.19. The number of likely N-dealkylation sites (tertiary alicyclic amines) is 1. The van der Waals surface area contributed by atoms with Gasteiger partial charge in [0.2, 0.25) is 11.8 Å². The minimum atomic E-state index is -0.340. The molecule has 1 fully saturated rings. The summed E-state index contributed by atoms with van der Waals surface area (Å²) in [6.45, 7) is 1.05. The molecule has 0 spiro atoms. The number of amides is 2. The molecule has 2 amide bonds. The first-order valence-electron chi connectivity index (χ1n) is 9.93. The van der Waals surface area contributed by atoms with Crippen molar-refractivity contribution in [3.63, 3.8) is 0 Å². The molecule has 154 valence electrons. The van der Waals surface area contributed by atoms with Crippen LogP contribution in [0, 0.1) is 5.92 Å². The molecule has 30 heavy (non-hydrogen) atoms. The molecule has 3 aromatic rings. The van der Waals surface area contributed by atoms with Crippen LogP contribution in [-0.2, 0) is 9.59 Å². The third-order valence-corrected chi connectivity index (χ3v) is 6.00. The zero-order valence-corrected chi connectivity index (χ0v) is 17.3. The molecular formula is C23H23N3O3S. The van der Waals surface area contributed by atoms with Gasteiger partial charge in [-0.1, -0.05) is 72.4 Å². The molecule has 6 nitrogen and oxygen atoms in total. The molecule has 1 saturated heterocycles. The zero-order chi connectivity index (χ0) is 20.9. The van der Waals surface area contributed by atoms with Gasteiger partial charge in [-0.05, 0) is 12.8 Å². The van der Waals surface area contributed by atoms with E-state index in [0.29, 0.717) is 24.1 Å². The summed E-state index contributed by atoms with van der Waals surface area (Å²) in [6.07, 6.45) is 1.53. The number of aromatic nitrogens is 1. The lowest BCUT2D eigenvalue weighted by molar-refractivity contribution is -0.132. The van der Waals surface area contributed by atoms with Crippen LogP contribution in [0.2, 0.25) is 0 Å². The first-order chi connectivity index (χ1) is 14.6. The minimum Gasteiger partial charge on any atom is -0.431 e. The normalized spacial score (nSPS) is 16.4. The molecule has 0 radical (unpaired) electrons. The lowest BCUT2D eigenvalue weighted by atomic mass is 9.97. The van der Waals surface area contributed by atoms with E-state index in [-0.39, 0.29) is 23.5 Å². The predicted molar refractivity (Wildman–Crippen MR) is 117 cm³/mol. The molecule has 0 bridgehead atoms. The first kappa shape index (κ1) is 20.2. The van der Waals surface area contributed by atoms with E-state index in [1.165, 1.54) is 11.8 Å². The molecule has 0 saturated carbocycles. The number of carbonyl (C=O) groups excluding carboxylic acids is 2. The van der Waals surface area contributed by atoms with Crippen molar-refractivity contribution in [2.24, 2.45) is 11.7 Å². The standard InChI is InChI=1S/C23H23N3O3S/c24-22(28)18-12-7-13-26(14-18)19(27)15-30-23-25-20(16-8-3-1-4-9-16)21(29-23)17-10-5-2-6-11-17/h1-6,8-11,18H,7,12-15H2,(H2,24,28). The highest BCUT2D eigenvalue weighted by atomic mass is 32.2. The van der Waals surface area contributed by atoms with Gasteiger partial charge in [0.15, 0.2) is 5.76 Å². The van der Waals surface area contributed by atoms with Crippen LogP contribution in [0.1, 0.15) is 12.8 Å². The highest BCUT2D eigenvalue weighted by molar-refractivity contribution is 7.99. The Morgan fingerprint density at radius 1 is 1.07 bits per heavy atom. The number of oxazole rings is 1. The van der Waals surface area contributed by atoms with Gasteiger partial charge in [-0.3, -0.25) is 9.59 Å². The van der Waals surface area contributed by atoms with Crippen molar-refractivity contribution in [3.05, 3.63) is 60.7 Å². The maximum Gasteiger partial charge on any atom is 0.257 e. The Morgan fingerprint density at radius 2 is 1.73 bits per heavy atom. The van der Waals surface area contributed by atoms with Gasteiger partial charge in [0.1, 0.15) is 5.69 Å². The van der Waals surface area contributed by atoms with E-state index in [2.05, 4.69) is 4.98 Å². The van der Waals surface area contributed by atoms with Crippen LogP contribution in [-0.4, -0.2) is 40.5 Å². The average molecular weight is 422 g/mol. The summed E-state index contributed by atoms with van der Waals surface area (Å²) in [5, 5.41) is 0.449. The van der Waals surface area contributed by atoms with Gasteiger partial charge in [0.05, 0.1) is 11.7 Å². The summed E-state index contributed by atoms with van der Waals surface area (Å²) in [5.74, 6) is 0.251. The smallest absolute Gasteiger partial charge is 0.257 e. The van der Waals surface area contributed by atoms with E-state index in [9.17, 15) is 9.59 Å². The van der Waals surface area contributed by atoms with E-state index in [0.717, 1.165) is 29.7 Å². The third kappa shape index (κ3) is 4.57. The Balaban J connectivity index is 1.51. The Bertz CT molecular complexity index is 964. The van der Waals surface area contributed by atoms with E-state index in [4.69, 9.17) is 10.2 Å². The molecule has 1 aliphatic rings. The fourth-order valence-electron chi connectivity index (χ4n) is 3.59.